The van der Waals surface area contributed by atoms with Crippen LogP contribution in [0.2, 0.25) is 0 Å². The van der Waals surface area contributed by atoms with E-state index in [1.807, 2.05) is 24.3 Å². The second-order valence-corrected chi connectivity index (χ2v) is 7.11. The lowest BCUT2D eigenvalue weighted by molar-refractivity contribution is 0.0791. The molecule has 2 heterocycles. The van der Waals surface area contributed by atoms with Crippen LogP contribution in [0.15, 0.2) is 30.3 Å². The summed E-state index contributed by atoms with van der Waals surface area (Å²) in [5, 5.41) is 2.98. The zero-order valence-corrected chi connectivity index (χ0v) is 13.7. The summed E-state index contributed by atoms with van der Waals surface area (Å²) in [6, 6.07) is 9.67. The first-order chi connectivity index (χ1) is 11.3. The fraction of sp³-hybridized carbons (Fsp3) is 0.389. The van der Waals surface area contributed by atoms with Crippen LogP contribution in [0.3, 0.4) is 0 Å². The fourth-order valence-electron chi connectivity index (χ4n) is 3.06. The topological polar surface area (TPSA) is 47.6 Å². The van der Waals surface area contributed by atoms with E-state index in [2.05, 4.69) is 11.4 Å². The van der Waals surface area contributed by atoms with Crippen LogP contribution in [0.4, 0.5) is 0 Å². The molecule has 1 atom stereocenters. The zero-order valence-electron chi connectivity index (χ0n) is 12.8. The van der Waals surface area contributed by atoms with Gasteiger partial charge in [0.1, 0.15) is 12.7 Å². The van der Waals surface area contributed by atoms with Crippen molar-refractivity contribution < 1.29 is 14.3 Å². The van der Waals surface area contributed by atoms with Gasteiger partial charge in [0.15, 0.2) is 11.5 Å². The van der Waals surface area contributed by atoms with Crippen molar-refractivity contribution >= 4 is 17.2 Å². The third-order valence-corrected chi connectivity index (χ3v) is 5.51. The Balaban J connectivity index is 1.36. The van der Waals surface area contributed by atoms with Gasteiger partial charge in [0.2, 0.25) is 0 Å². The maximum absolute atomic E-state index is 12.4. The molecule has 23 heavy (non-hydrogen) atoms. The molecule has 1 aromatic heterocycles. The number of para-hydroxylation sites is 2. The summed E-state index contributed by atoms with van der Waals surface area (Å²) in [7, 11) is 0. The smallest absolute Gasteiger partial charge is 0.261 e. The molecule has 0 saturated heterocycles. The lowest BCUT2D eigenvalue weighted by Crippen LogP contribution is -2.40. The minimum Gasteiger partial charge on any atom is -0.486 e. The van der Waals surface area contributed by atoms with Crippen LogP contribution < -0.4 is 14.8 Å². The molecule has 0 saturated carbocycles. The molecule has 1 N–H and O–H groups in total. The lowest BCUT2D eigenvalue weighted by Gasteiger charge is -2.26. The van der Waals surface area contributed by atoms with Crippen molar-refractivity contribution in [2.24, 2.45) is 0 Å². The lowest BCUT2D eigenvalue weighted by atomic mass is 9.99. The molecule has 5 heteroatoms. The molecule has 120 valence electrons. The van der Waals surface area contributed by atoms with Crippen molar-refractivity contribution in [3.8, 4) is 11.5 Å². The van der Waals surface area contributed by atoms with Crippen LogP contribution in [-0.2, 0) is 12.8 Å². The molecule has 0 radical (unpaired) electrons. The molecule has 1 aliphatic carbocycles. The SMILES string of the molecule is O=C(NCC1COc2ccccc2O1)c1cc2c(s1)CCCC2. The van der Waals surface area contributed by atoms with Gasteiger partial charge in [-0.2, -0.15) is 0 Å². The van der Waals surface area contributed by atoms with E-state index in [0.717, 1.165) is 29.2 Å². The molecule has 2 aromatic rings. The van der Waals surface area contributed by atoms with E-state index < -0.39 is 0 Å². The number of carbonyl (C=O) groups excluding carboxylic acids is 1. The zero-order chi connectivity index (χ0) is 15.6. The normalized spacial score (nSPS) is 19.0. The number of hydrogen-bond acceptors (Lipinski definition) is 4. The van der Waals surface area contributed by atoms with Crippen LogP contribution in [-0.4, -0.2) is 25.2 Å². The highest BCUT2D eigenvalue weighted by Gasteiger charge is 2.22. The number of nitrogens with one attached hydrogen (secondary N) is 1. The second-order valence-electron chi connectivity index (χ2n) is 5.97. The summed E-state index contributed by atoms with van der Waals surface area (Å²) in [4.78, 5) is 14.5. The van der Waals surface area contributed by atoms with Crippen LogP contribution >= 0.6 is 11.3 Å². The maximum Gasteiger partial charge on any atom is 0.261 e. The summed E-state index contributed by atoms with van der Waals surface area (Å²) in [6.07, 6.45) is 4.54. The van der Waals surface area contributed by atoms with Gasteiger partial charge in [-0.25, -0.2) is 0 Å². The number of ether oxygens (including phenoxy) is 2. The first kappa shape index (κ1) is 14.6. The number of hydrogen-bond donors (Lipinski definition) is 1. The standard InChI is InChI=1S/C18H19NO3S/c20-18(17-9-12-5-1-4-8-16(12)23-17)19-10-13-11-21-14-6-2-3-7-15(14)22-13/h2-3,6-7,9,13H,1,4-5,8,10-11H2,(H,19,20). The van der Waals surface area contributed by atoms with Crippen LogP contribution in [0.1, 0.15) is 33.0 Å². The molecular formula is C18H19NO3S. The predicted octanol–water partition coefficient (Wildman–Crippen LogP) is 3.20. The van der Waals surface area contributed by atoms with Gasteiger partial charge in [-0.15, -0.1) is 11.3 Å². The van der Waals surface area contributed by atoms with E-state index in [1.54, 1.807) is 11.3 Å². The van der Waals surface area contributed by atoms with Gasteiger partial charge in [-0.3, -0.25) is 4.79 Å². The van der Waals surface area contributed by atoms with Crippen LogP contribution in [0.5, 0.6) is 11.5 Å². The van der Waals surface area contributed by atoms with Gasteiger partial charge in [0.25, 0.3) is 5.91 Å². The number of aryl methyl sites for hydroxylation is 2. The van der Waals surface area contributed by atoms with E-state index >= 15 is 0 Å². The first-order valence-corrected chi connectivity index (χ1v) is 8.89. The summed E-state index contributed by atoms with van der Waals surface area (Å²) >= 11 is 1.63. The van der Waals surface area contributed by atoms with E-state index in [-0.39, 0.29) is 12.0 Å². The number of rotatable bonds is 3. The molecule has 1 unspecified atom stereocenters. The van der Waals surface area contributed by atoms with Crippen molar-refractivity contribution in [3.05, 3.63) is 45.6 Å². The van der Waals surface area contributed by atoms with Crippen molar-refractivity contribution in [2.45, 2.75) is 31.8 Å². The third-order valence-electron chi connectivity index (χ3n) is 4.28. The van der Waals surface area contributed by atoms with Gasteiger partial charge in [-0.05, 0) is 49.4 Å². The summed E-state index contributed by atoms with van der Waals surface area (Å²) < 4.78 is 11.5. The number of carbonyl (C=O) groups is 1. The van der Waals surface area contributed by atoms with E-state index in [9.17, 15) is 4.79 Å². The Morgan fingerprint density at radius 2 is 2.04 bits per heavy atom. The molecule has 1 aliphatic heterocycles. The Kier molecular flexibility index (Phi) is 3.95. The van der Waals surface area contributed by atoms with Crippen molar-refractivity contribution in [3.63, 3.8) is 0 Å². The maximum atomic E-state index is 12.4. The molecule has 4 rings (SSSR count). The van der Waals surface area contributed by atoms with E-state index in [4.69, 9.17) is 9.47 Å². The first-order valence-electron chi connectivity index (χ1n) is 8.08. The average Bonchev–Trinajstić information content (AvgIpc) is 3.04. The summed E-state index contributed by atoms with van der Waals surface area (Å²) in [5.41, 5.74) is 1.36. The van der Waals surface area contributed by atoms with Crippen molar-refractivity contribution in [2.75, 3.05) is 13.2 Å². The van der Waals surface area contributed by atoms with Gasteiger partial charge in [0, 0.05) is 4.88 Å². The molecule has 0 bridgehead atoms. The van der Waals surface area contributed by atoms with Gasteiger partial charge in [-0.1, -0.05) is 12.1 Å². The molecule has 1 aromatic carbocycles. The highest BCUT2D eigenvalue weighted by atomic mass is 32.1. The van der Waals surface area contributed by atoms with Gasteiger partial charge >= 0.3 is 0 Å². The summed E-state index contributed by atoms with van der Waals surface area (Å²) in [5.74, 6) is 1.50. The molecule has 4 nitrogen and oxygen atoms in total. The Morgan fingerprint density at radius 1 is 1.22 bits per heavy atom. The number of amides is 1. The van der Waals surface area contributed by atoms with Crippen LogP contribution in [0.25, 0.3) is 0 Å². The van der Waals surface area contributed by atoms with Gasteiger partial charge < -0.3 is 14.8 Å². The van der Waals surface area contributed by atoms with Gasteiger partial charge in [0.05, 0.1) is 11.4 Å². The highest BCUT2D eigenvalue weighted by molar-refractivity contribution is 7.14. The third kappa shape index (κ3) is 3.06. The fourth-order valence-corrected chi connectivity index (χ4v) is 4.23. The molecule has 0 fully saturated rings. The van der Waals surface area contributed by atoms with Crippen molar-refractivity contribution in [1.82, 2.24) is 5.32 Å². The molecule has 2 aliphatic rings. The van der Waals surface area contributed by atoms with E-state index in [0.29, 0.717) is 13.2 Å². The Morgan fingerprint density at radius 3 is 2.91 bits per heavy atom. The Hall–Kier alpha value is -2.01. The molecule has 1 amide bonds. The number of benzene rings is 1. The summed E-state index contributed by atoms with van der Waals surface area (Å²) in [6.45, 7) is 0.911. The number of thiophene rings is 1. The second kappa shape index (κ2) is 6.24. The minimum atomic E-state index is -0.150. The number of fused-ring (bicyclic) bond motifs is 2. The Labute approximate surface area is 139 Å². The van der Waals surface area contributed by atoms with Crippen molar-refractivity contribution in [1.29, 1.82) is 0 Å². The molecule has 0 spiro atoms. The predicted molar refractivity (Wildman–Crippen MR) is 89.6 cm³/mol. The molecular weight excluding hydrogens is 310 g/mol. The van der Waals surface area contributed by atoms with E-state index in [1.165, 1.54) is 23.3 Å². The largest absolute Gasteiger partial charge is 0.486 e. The Bertz CT molecular complexity index is 701. The quantitative estimate of drug-likeness (QED) is 0.941. The minimum absolute atomic E-state index is 0.00754. The monoisotopic (exact) mass is 329 g/mol. The highest BCUT2D eigenvalue weighted by Crippen LogP contribution is 2.31. The average molecular weight is 329 g/mol. The van der Waals surface area contributed by atoms with Crippen LogP contribution in [0, 0.1) is 0 Å².